The smallest absolute Gasteiger partial charge is 0.241 e. The summed E-state index contributed by atoms with van der Waals surface area (Å²) in [6, 6.07) is 6.35. The Labute approximate surface area is 126 Å². The summed E-state index contributed by atoms with van der Waals surface area (Å²) in [7, 11) is -1.71. The summed E-state index contributed by atoms with van der Waals surface area (Å²) < 4.78 is 26.3. The monoisotopic (exact) mass is 313 g/mol. The van der Waals surface area contributed by atoms with Crippen LogP contribution in [0.15, 0.2) is 29.2 Å². The van der Waals surface area contributed by atoms with Crippen LogP contribution in [0.4, 0.5) is 5.69 Å². The second kappa shape index (κ2) is 7.99. The number of carbonyl (C=O) groups excluding carboxylic acids is 1. The Morgan fingerprint density at radius 3 is 2.33 bits per heavy atom. The van der Waals surface area contributed by atoms with Crippen LogP contribution in [-0.4, -0.2) is 45.9 Å². The third kappa shape index (κ3) is 5.35. The molecule has 1 amide bonds. The standard InChI is InChI=1S/C14H23N3O3S/c1-4-10-16-21(19,20)13-8-6-12(7-9-13)15-11-14(18)17(3)5-2/h6-9,15-16H,4-5,10-11H2,1-3H3. The molecule has 0 radical (unpaired) electrons. The molecular weight excluding hydrogens is 290 g/mol. The lowest BCUT2D eigenvalue weighted by Gasteiger charge is -2.15. The SMILES string of the molecule is CCCNS(=O)(=O)c1ccc(NCC(=O)N(C)CC)cc1. The van der Waals surface area contributed by atoms with Crippen molar-refractivity contribution in [2.45, 2.75) is 25.2 Å². The van der Waals surface area contributed by atoms with E-state index in [1.54, 1.807) is 24.1 Å². The second-order valence-corrected chi connectivity index (χ2v) is 6.45. The zero-order valence-electron chi connectivity index (χ0n) is 12.7. The first-order valence-electron chi connectivity index (χ1n) is 6.98. The summed E-state index contributed by atoms with van der Waals surface area (Å²) in [6.45, 7) is 5.06. The Balaban J connectivity index is 2.64. The molecule has 0 aliphatic carbocycles. The van der Waals surface area contributed by atoms with E-state index in [0.29, 0.717) is 18.8 Å². The van der Waals surface area contributed by atoms with Crippen LogP contribution in [0.2, 0.25) is 0 Å². The normalized spacial score (nSPS) is 11.2. The van der Waals surface area contributed by atoms with Gasteiger partial charge in [-0.2, -0.15) is 0 Å². The van der Waals surface area contributed by atoms with E-state index < -0.39 is 10.0 Å². The van der Waals surface area contributed by atoms with Crippen molar-refractivity contribution in [1.29, 1.82) is 0 Å². The number of likely N-dealkylation sites (N-methyl/N-ethyl adjacent to an activating group) is 1. The molecule has 118 valence electrons. The van der Waals surface area contributed by atoms with E-state index in [0.717, 1.165) is 6.42 Å². The average Bonchev–Trinajstić information content (AvgIpc) is 2.50. The summed E-state index contributed by atoms with van der Waals surface area (Å²) in [6.07, 6.45) is 0.742. The molecule has 1 rings (SSSR count). The molecule has 0 aliphatic heterocycles. The first-order chi connectivity index (χ1) is 9.90. The minimum absolute atomic E-state index is 0.0150. The molecular formula is C14H23N3O3S. The number of hydrogen-bond donors (Lipinski definition) is 2. The lowest BCUT2D eigenvalue weighted by molar-refractivity contribution is -0.127. The van der Waals surface area contributed by atoms with Gasteiger partial charge in [0.15, 0.2) is 0 Å². The van der Waals surface area contributed by atoms with E-state index in [4.69, 9.17) is 0 Å². The fourth-order valence-corrected chi connectivity index (χ4v) is 2.69. The highest BCUT2D eigenvalue weighted by Crippen LogP contribution is 2.13. The van der Waals surface area contributed by atoms with Crippen LogP contribution in [0.5, 0.6) is 0 Å². The highest BCUT2D eigenvalue weighted by molar-refractivity contribution is 7.89. The molecule has 21 heavy (non-hydrogen) atoms. The lowest BCUT2D eigenvalue weighted by Crippen LogP contribution is -2.31. The van der Waals surface area contributed by atoms with Crippen molar-refractivity contribution in [3.05, 3.63) is 24.3 Å². The number of nitrogens with one attached hydrogen (secondary N) is 2. The zero-order valence-corrected chi connectivity index (χ0v) is 13.5. The van der Waals surface area contributed by atoms with Crippen LogP contribution >= 0.6 is 0 Å². The maximum Gasteiger partial charge on any atom is 0.241 e. The fraction of sp³-hybridized carbons (Fsp3) is 0.500. The summed E-state index contributed by atoms with van der Waals surface area (Å²) in [5.41, 5.74) is 0.710. The first-order valence-corrected chi connectivity index (χ1v) is 8.46. The number of benzene rings is 1. The van der Waals surface area contributed by atoms with Gasteiger partial charge in [-0.1, -0.05) is 6.92 Å². The van der Waals surface area contributed by atoms with Crippen LogP contribution in [0.1, 0.15) is 20.3 Å². The quantitative estimate of drug-likeness (QED) is 0.757. The van der Waals surface area contributed by atoms with Crippen molar-refractivity contribution in [1.82, 2.24) is 9.62 Å². The highest BCUT2D eigenvalue weighted by atomic mass is 32.2. The molecule has 0 aromatic heterocycles. The second-order valence-electron chi connectivity index (χ2n) is 4.68. The first kappa shape index (κ1) is 17.5. The molecule has 0 atom stereocenters. The molecule has 0 saturated carbocycles. The molecule has 7 heteroatoms. The fourth-order valence-electron chi connectivity index (χ4n) is 1.56. The predicted molar refractivity (Wildman–Crippen MR) is 83.7 cm³/mol. The number of anilines is 1. The largest absolute Gasteiger partial charge is 0.376 e. The number of rotatable bonds is 8. The van der Waals surface area contributed by atoms with Gasteiger partial charge in [0.1, 0.15) is 0 Å². The van der Waals surface area contributed by atoms with Gasteiger partial charge >= 0.3 is 0 Å². The van der Waals surface area contributed by atoms with Gasteiger partial charge in [-0.3, -0.25) is 4.79 Å². The van der Waals surface area contributed by atoms with Crippen molar-refractivity contribution >= 4 is 21.6 Å². The number of nitrogens with zero attached hydrogens (tertiary/aromatic N) is 1. The van der Waals surface area contributed by atoms with Gasteiger partial charge in [0.2, 0.25) is 15.9 Å². The van der Waals surface area contributed by atoms with Crippen LogP contribution < -0.4 is 10.0 Å². The van der Waals surface area contributed by atoms with Gasteiger partial charge in [0, 0.05) is 25.8 Å². The van der Waals surface area contributed by atoms with Crippen molar-refractivity contribution in [2.24, 2.45) is 0 Å². The lowest BCUT2D eigenvalue weighted by atomic mass is 10.3. The minimum atomic E-state index is -3.44. The molecule has 0 heterocycles. The van der Waals surface area contributed by atoms with Crippen LogP contribution in [0.25, 0.3) is 0 Å². The Kier molecular flexibility index (Phi) is 6.64. The van der Waals surface area contributed by atoms with Crippen molar-refractivity contribution < 1.29 is 13.2 Å². The molecule has 0 spiro atoms. The van der Waals surface area contributed by atoms with Gasteiger partial charge in [0.05, 0.1) is 11.4 Å². The van der Waals surface area contributed by atoms with Crippen LogP contribution in [-0.2, 0) is 14.8 Å². The highest BCUT2D eigenvalue weighted by Gasteiger charge is 2.12. The summed E-state index contributed by atoms with van der Waals surface area (Å²) in [4.78, 5) is 13.5. The number of sulfonamides is 1. The topological polar surface area (TPSA) is 78.5 Å². The van der Waals surface area contributed by atoms with Gasteiger partial charge in [-0.15, -0.1) is 0 Å². The minimum Gasteiger partial charge on any atom is -0.376 e. The maximum atomic E-state index is 11.9. The molecule has 1 aromatic rings. The predicted octanol–water partition coefficient (Wildman–Crippen LogP) is 1.27. The Morgan fingerprint density at radius 2 is 1.81 bits per heavy atom. The van der Waals surface area contributed by atoms with Gasteiger partial charge < -0.3 is 10.2 Å². The van der Waals surface area contributed by atoms with E-state index in [-0.39, 0.29) is 17.3 Å². The summed E-state index contributed by atoms with van der Waals surface area (Å²) >= 11 is 0. The number of amides is 1. The number of hydrogen-bond acceptors (Lipinski definition) is 4. The van der Waals surface area contributed by atoms with Crippen molar-refractivity contribution in [3.63, 3.8) is 0 Å². The van der Waals surface area contributed by atoms with E-state index in [9.17, 15) is 13.2 Å². The third-order valence-electron chi connectivity index (χ3n) is 3.05. The summed E-state index contributed by atoms with van der Waals surface area (Å²) in [5, 5.41) is 2.98. The third-order valence-corrected chi connectivity index (χ3v) is 4.53. The van der Waals surface area contributed by atoms with Crippen LogP contribution in [0, 0.1) is 0 Å². The Morgan fingerprint density at radius 1 is 1.19 bits per heavy atom. The molecule has 6 nitrogen and oxygen atoms in total. The van der Waals surface area contributed by atoms with Crippen molar-refractivity contribution in [2.75, 3.05) is 32.0 Å². The number of carbonyl (C=O) groups is 1. The van der Waals surface area contributed by atoms with E-state index >= 15 is 0 Å². The molecule has 2 N–H and O–H groups in total. The van der Waals surface area contributed by atoms with Gasteiger partial charge in [-0.05, 0) is 37.6 Å². The Hall–Kier alpha value is -1.60. The molecule has 0 saturated heterocycles. The maximum absolute atomic E-state index is 11.9. The zero-order chi connectivity index (χ0) is 15.9. The summed E-state index contributed by atoms with van der Waals surface area (Å²) in [5.74, 6) is -0.0150. The molecule has 0 aliphatic rings. The molecule has 0 bridgehead atoms. The molecule has 1 aromatic carbocycles. The van der Waals surface area contributed by atoms with E-state index in [1.807, 2.05) is 13.8 Å². The van der Waals surface area contributed by atoms with Gasteiger partial charge in [-0.25, -0.2) is 13.1 Å². The van der Waals surface area contributed by atoms with Gasteiger partial charge in [0.25, 0.3) is 0 Å². The average molecular weight is 313 g/mol. The van der Waals surface area contributed by atoms with E-state index in [1.165, 1.54) is 12.1 Å². The molecule has 0 fully saturated rings. The Bertz CT molecular complexity index is 555. The van der Waals surface area contributed by atoms with E-state index in [2.05, 4.69) is 10.0 Å². The van der Waals surface area contributed by atoms with Crippen molar-refractivity contribution in [3.8, 4) is 0 Å². The van der Waals surface area contributed by atoms with Crippen LogP contribution in [0.3, 0.4) is 0 Å². The molecule has 0 unspecified atom stereocenters.